The van der Waals surface area contributed by atoms with Crippen LogP contribution in [0.5, 0.6) is 11.5 Å². The monoisotopic (exact) mass is 356 g/mol. The number of benzene rings is 2. The quantitative estimate of drug-likeness (QED) is 0.535. The van der Waals surface area contributed by atoms with Crippen molar-refractivity contribution in [2.24, 2.45) is 0 Å². The smallest absolute Gasteiger partial charge is 0.233 e. The molecule has 0 aliphatic carbocycles. The number of hydrogen-bond donors (Lipinski definition) is 2. The number of anilines is 1. The summed E-state index contributed by atoms with van der Waals surface area (Å²) < 4.78 is 10.6. The van der Waals surface area contributed by atoms with Gasteiger partial charge >= 0.3 is 0 Å². The SMILES string of the molecule is CCc1ccc(NC(=O)CC(=O)NCCOc2ccc(OC)cc2)cc1. The summed E-state index contributed by atoms with van der Waals surface area (Å²) in [6.07, 6.45) is 0.716. The van der Waals surface area contributed by atoms with Crippen LogP contribution in [-0.4, -0.2) is 32.1 Å². The minimum absolute atomic E-state index is 0.224. The molecule has 0 bridgehead atoms. The third-order valence-corrected chi connectivity index (χ3v) is 3.72. The molecule has 0 aromatic heterocycles. The molecule has 2 aromatic rings. The average Bonchev–Trinajstić information content (AvgIpc) is 2.66. The fourth-order valence-corrected chi connectivity index (χ4v) is 2.27. The van der Waals surface area contributed by atoms with Crippen molar-refractivity contribution in [2.45, 2.75) is 19.8 Å². The molecule has 0 fully saturated rings. The molecule has 6 nitrogen and oxygen atoms in total. The molecule has 6 heteroatoms. The molecule has 0 unspecified atom stereocenters. The predicted octanol–water partition coefficient (Wildman–Crippen LogP) is 2.78. The number of carbonyl (C=O) groups excluding carboxylic acids is 2. The number of hydrogen-bond acceptors (Lipinski definition) is 4. The predicted molar refractivity (Wildman–Crippen MR) is 101 cm³/mol. The normalized spacial score (nSPS) is 10.1. The Hall–Kier alpha value is -3.02. The summed E-state index contributed by atoms with van der Waals surface area (Å²) in [4.78, 5) is 23.7. The third kappa shape index (κ3) is 6.47. The highest BCUT2D eigenvalue weighted by molar-refractivity contribution is 6.03. The van der Waals surface area contributed by atoms with Crippen LogP contribution in [0.3, 0.4) is 0 Å². The topological polar surface area (TPSA) is 76.7 Å². The van der Waals surface area contributed by atoms with Gasteiger partial charge in [-0.15, -0.1) is 0 Å². The fourth-order valence-electron chi connectivity index (χ4n) is 2.27. The van der Waals surface area contributed by atoms with Crippen LogP contribution < -0.4 is 20.1 Å². The lowest BCUT2D eigenvalue weighted by molar-refractivity contribution is -0.126. The largest absolute Gasteiger partial charge is 0.497 e. The van der Waals surface area contributed by atoms with E-state index in [2.05, 4.69) is 17.6 Å². The first-order valence-corrected chi connectivity index (χ1v) is 8.53. The maximum absolute atomic E-state index is 11.9. The second kappa shape index (κ2) is 10.1. The minimum atomic E-state index is -0.345. The van der Waals surface area contributed by atoms with Gasteiger partial charge in [0.25, 0.3) is 0 Å². The summed E-state index contributed by atoms with van der Waals surface area (Å²) in [7, 11) is 1.60. The molecule has 0 saturated heterocycles. The molecular formula is C20H24N2O4. The third-order valence-electron chi connectivity index (χ3n) is 3.72. The number of nitrogens with one attached hydrogen (secondary N) is 2. The molecule has 0 heterocycles. The molecule has 0 spiro atoms. The van der Waals surface area contributed by atoms with Crippen molar-refractivity contribution in [2.75, 3.05) is 25.6 Å². The van der Waals surface area contributed by atoms with Gasteiger partial charge < -0.3 is 20.1 Å². The van der Waals surface area contributed by atoms with E-state index in [4.69, 9.17) is 9.47 Å². The van der Waals surface area contributed by atoms with Crippen LogP contribution in [0.25, 0.3) is 0 Å². The molecule has 0 radical (unpaired) electrons. The van der Waals surface area contributed by atoms with Gasteiger partial charge in [0.1, 0.15) is 24.5 Å². The Morgan fingerprint density at radius 3 is 2.19 bits per heavy atom. The molecule has 0 atom stereocenters. The first-order chi connectivity index (χ1) is 12.6. The first-order valence-electron chi connectivity index (χ1n) is 8.53. The van der Waals surface area contributed by atoms with Crippen molar-refractivity contribution in [3.8, 4) is 11.5 Å². The summed E-state index contributed by atoms with van der Waals surface area (Å²) in [6.45, 7) is 2.71. The first kappa shape index (κ1) is 19.3. The Labute approximate surface area is 153 Å². The van der Waals surface area contributed by atoms with Crippen molar-refractivity contribution >= 4 is 17.5 Å². The van der Waals surface area contributed by atoms with E-state index in [1.807, 2.05) is 24.3 Å². The standard InChI is InChI=1S/C20H24N2O4/c1-3-15-4-6-16(7-5-15)22-20(24)14-19(23)21-12-13-26-18-10-8-17(25-2)9-11-18/h4-11H,3,12-14H2,1-2H3,(H,21,23)(H,22,24). The van der Waals surface area contributed by atoms with Gasteiger partial charge in [-0.25, -0.2) is 0 Å². The number of carbonyl (C=O) groups is 2. The van der Waals surface area contributed by atoms with Crippen molar-refractivity contribution in [1.82, 2.24) is 5.32 Å². The number of ether oxygens (including phenoxy) is 2. The van der Waals surface area contributed by atoms with Crippen LogP contribution in [0.1, 0.15) is 18.9 Å². The van der Waals surface area contributed by atoms with E-state index in [9.17, 15) is 9.59 Å². The number of aryl methyl sites for hydroxylation is 1. The van der Waals surface area contributed by atoms with Crippen LogP contribution in [0.15, 0.2) is 48.5 Å². The van der Waals surface area contributed by atoms with Gasteiger partial charge in [0.15, 0.2) is 0 Å². The maximum atomic E-state index is 11.9. The molecule has 2 aromatic carbocycles. The Morgan fingerprint density at radius 2 is 1.58 bits per heavy atom. The van der Waals surface area contributed by atoms with E-state index in [0.717, 1.165) is 12.2 Å². The molecule has 0 aliphatic heterocycles. The Bertz CT molecular complexity index is 712. The van der Waals surface area contributed by atoms with Crippen LogP contribution in [-0.2, 0) is 16.0 Å². The van der Waals surface area contributed by atoms with E-state index >= 15 is 0 Å². The fraction of sp³-hybridized carbons (Fsp3) is 0.300. The average molecular weight is 356 g/mol. The van der Waals surface area contributed by atoms with Gasteiger partial charge in [0.2, 0.25) is 11.8 Å². The molecule has 0 aliphatic rings. The highest BCUT2D eigenvalue weighted by Gasteiger charge is 2.09. The highest BCUT2D eigenvalue weighted by Crippen LogP contribution is 2.16. The van der Waals surface area contributed by atoms with Gasteiger partial charge in [-0.1, -0.05) is 19.1 Å². The number of methoxy groups -OCH3 is 1. The highest BCUT2D eigenvalue weighted by atomic mass is 16.5. The second-order valence-electron chi connectivity index (χ2n) is 5.65. The summed E-state index contributed by atoms with van der Waals surface area (Å²) in [6, 6.07) is 14.7. The molecule has 2 N–H and O–H groups in total. The summed E-state index contributed by atoms with van der Waals surface area (Å²) in [5.41, 5.74) is 1.88. The van der Waals surface area contributed by atoms with Gasteiger partial charge in [-0.2, -0.15) is 0 Å². The Balaban J connectivity index is 1.64. The van der Waals surface area contributed by atoms with E-state index in [1.165, 1.54) is 5.56 Å². The summed E-state index contributed by atoms with van der Waals surface area (Å²) in [5, 5.41) is 5.37. The van der Waals surface area contributed by atoms with Crippen LogP contribution >= 0.6 is 0 Å². The number of amides is 2. The van der Waals surface area contributed by atoms with Gasteiger partial charge in [0.05, 0.1) is 13.7 Å². The summed E-state index contributed by atoms with van der Waals surface area (Å²) >= 11 is 0. The van der Waals surface area contributed by atoms with Crippen LogP contribution in [0.2, 0.25) is 0 Å². The van der Waals surface area contributed by atoms with E-state index in [1.54, 1.807) is 31.4 Å². The van der Waals surface area contributed by atoms with Crippen LogP contribution in [0, 0.1) is 0 Å². The molecule has 2 amide bonds. The molecule has 138 valence electrons. The van der Waals surface area contributed by atoms with Gasteiger partial charge in [0, 0.05) is 5.69 Å². The van der Waals surface area contributed by atoms with Crippen molar-refractivity contribution in [3.05, 3.63) is 54.1 Å². The van der Waals surface area contributed by atoms with E-state index < -0.39 is 0 Å². The lowest BCUT2D eigenvalue weighted by atomic mass is 10.1. The van der Waals surface area contributed by atoms with E-state index in [-0.39, 0.29) is 18.2 Å². The molecule has 26 heavy (non-hydrogen) atoms. The lowest BCUT2D eigenvalue weighted by Crippen LogP contribution is -2.31. The molecular weight excluding hydrogens is 332 g/mol. The minimum Gasteiger partial charge on any atom is -0.497 e. The molecule has 2 rings (SSSR count). The maximum Gasteiger partial charge on any atom is 0.233 e. The lowest BCUT2D eigenvalue weighted by Gasteiger charge is -2.09. The second-order valence-corrected chi connectivity index (χ2v) is 5.65. The Morgan fingerprint density at radius 1 is 0.923 bits per heavy atom. The summed E-state index contributed by atoms with van der Waals surface area (Å²) in [5.74, 6) is 0.753. The van der Waals surface area contributed by atoms with Crippen molar-refractivity contribution < 1.29 is 19.1 Å². The zero-order valence-electron chi connectivity index (χ0n) is 15.1. The Kier molecular flexibility index (Phi) is 7.49. The van der Waals surface area contributed by atoms with Gasteiger partial charge in [-0.3, -0.25) is 9.59 Å². The zero-order valence-corrected chi connectivity index (χ0v) is 15.1. The van der Waals surface area contributed by atoms with Crippen LogP contribution in [0.4, 0.5) is 5.69 Å². The zero-order chi connectivity index (χ0) is 18.8. The van der Waals surface area contributed by atoms with E-state index in [0.29, 0.717) is 24.6 Å². The van der Waals surface area contributed by atoms with Crippen molar-refractivity contribution in [1.29, 1.82) is 0 Å². The van der Waals surface area contributed by atoms with Crippen molar-refractivity contribution in [3.63, 3.8) is 0 Å². The van der Waals surface area contributed by atoms with Gasteiger partial charge in [-0.05, 0) is 48.4 Å². The number of rotatable bonds is 9. The molecule has 0 saturated carbocycles.